The van der Waals surface area contributed by atoms with E-state index in [-0.39, 0.29) is 24.0 Å². The molecule has 0 aromatic heterocycles. The molecule has 0 unspecified atom stereocenters. The van der Waals surface area contributed by atoms with Gasteiger partial charge in [-0.15, -0.1) is 12.4 Å². The summed E-state index contributed by atoms with van der Waals surface area (Å²) < 4.78 is 5.68. The first-order chi connectivity index (χ1) is 12.3. The Balaban J connectivity index is 0.00000196. The number of fused-ring (bicyclic) bond motifs is 2. The van der Waals surface area contributed by atoms with E-state index in [0.29, 0.717) is 6.61 Å². The van der Waals surface area contributed by atoms with Gasteiger partial charge in [0.25, 0.3) is 0 Å². The molecule has 4 nitrogen and oxygen atoms in total. The number of hydrogen-bond donors (Lipinski definition) is 1. The molecule has 0 atom stereocenters. The van der Waals surface area contributed by atoms with E-state index in [1.54, 1.807) is 0 Å². The lowest BCUT2D eigenvalue weighted by Crippen LogP contribution is -2.57. The molecule has 1 spiro atoms. The van der Waals surface area contributed by atoms with Crippen LogP contribution >= 0.6 is 12.4 Å². The molecule has 2 aromatic rings. The molecule has 0 bridgehead atoms. The standard InChI is InChI=1S/C21H24N2O2.ClH/c24-20(25-16-17-6-2-1-3-7-17)23-15-10-18-8-4-5-9-19(18)21(23)11-13-22-14-12-21;/h1-9,22H,10-16H2;1H. The van der Waals surface area contributed by atoms with Crippen molar-refractivity contribution in [3.05, 3.63) is 71.3 Å². The van der Waals surface area contributed by atoms with Crippen LogP contribution in [0.1, 0.15) is 29.5 Å². The second-order valence-corrected chi connectivity index (χ2v) is 6.88. The summed E-state index contributed by atoms with van der Waals surface area (Å²) in [5, 5.41) is 3.43. The van der Waals surface area contributed by atoms with Crippen molar-refractivity contribution in [2.45, 2.75) is 31.4 Å². The van der Waals surface area contributed by atoms with Crippen molar-refractivity contribution in [2.75, 3.05) is 19.6 Å². The highest BCUT2D eigenvalue weighted by atomic mass is 35.5. The minimum atomic E-state index is -0.228. The van der Waals surface area contributed by atoms with Gasteiger partial charge >= 0.3 is 6.09 Å². The highest BCUT2D eigenvalue weighted by molar-refractivity contribution is 5.85. The highest BCUT2D eigenvalue weighted by Crippen LogP contribution is 2.42. The first kappa shape index (κ1) is 18.7. The Kier molecular flexibility index (Phi) is 5.84. The fourth-order valence-electron chi connectivity index (χ4n) is 4.23. The summed E-state index contributed by atoms with van der Waals surface area (Å²) in [5.74, 6) is 0. The number of ether oxygens (including phenoxy) is 1. The van der Waals surface area contributed by atoms with Gasteiger partial charge in [-0.05, 0) is 49.0 Å². The molecule has 5 heteroatoms. The number of nitrogens with zero attached hydrogens (tertiary/aromatic N) is 1. The van der Waals surface area contributed by atoms with Crippen molar-refractivity contribution in [1.82, 2.24) is 10.2 Å². The average Bonchev–Trinajstić information content (AvgIpc) is 2.68. The summed E-state index contributed by atoms with van der Waals surface area (Å²) in [6.07, 6.45) is 2.57. The zero-order valence-electron chi connectivity index (χ0n) is 14.8. The maximum absolute atomic E-state index is 12.9. The molecule has 2 aromatic carbocycles. The summed E-state index contributed by atoms with van der Waals surface area (Å²) in [7, 11) is 0. The Hall–Kier alpha value is -2.04. The van der Waals surface area contributed by atoms with Gasteiger partial charge < -0.3 is 10.1 Å². The van der Waals surface area contributed by atoms with E-state index in [2.05, 4.69) is 29.6 Å². The van der Waals surface area contributed by atoms with Crippen molar-refractivity contribution in [3.63, 3.8) is 0 Å². The number of halogens is 1. The molecule has 4 rings (SSSR count). The first-order valence-corrected chi connectivity index (χ1v) is 9.07. The minimum absolute atomic E-state index is 0. The van der Waals surface area contributed by atoms with Crippen LogP contribution < -0.4 is 5.32 Å². The molecule has 0 aliphatic carbocycles. The fraction of sp³-hybridized carbons (Fsp3) is 0.381. The van der Waals surface area contributed by atoms with Crippen molar-refractivity contribution >= 4 is 18.5 Å². The predicted octanol–water partition coefficient (Wildman–Crippen LogP) is 3.88. The summed E-state index contributed by atoms with van der Waals surface area (Å²) in [4.78, 5) is 14.9. The Bertz CT molecular complexity index is 745. The SMILES string of the molecule is Cl.O=C(OCc1ccccc1)N1CCc2ccccc2C12CCNCC2. The van der Waals surface area contributed by atoms with Crippen LogP contribution in [0.25, 0.3) is 0 Å². The third-order valence-corrected chi connectivity index (χ3v) is 5.50. The molecule has 2 heterocycles. The molecular weight excluding hydrogens is 348 g/mol. The quantitative estimate of drug-likeness (QED) is 0.869. The molecule has 1 fully saturated rings. The van der Waals surface area contributed by atoms with Gasteiger partial charge in [0, 0.05) is 6.54 Å². The van der Waals surface area contributed by atoms with E-state index in [1.807, 2.05) is 35.2 Å². The number of piperidine rings is 1. The predicted molar refractivity (Wildman–Crippen MR) is 105 cm³/mol. The smallest absolute Gasteiger partial charge is 0.410 e. The first-order valence-electron chi connectivity index (χ1n) is 9.07. The average molecular weight is 373 g/mol. The lowest BCUT2D eigenvalue weighted by molar-refractivity contribution is 0.0212. The van der Waals surface area contributed by atoms with Crippen molar-refractivity contribution in [2.24, 2.45) is 0 Å². The van der Waals surface area contributed by atoms with Gasteiger partial charge in [-0.2, -0.15) is 0 Å². The molecule has 2 aliphatic rings. The normalized spacial score (nSPS) is 17.9. The summed E-state index contributed by atoms with van der Waals surface area (Å²) in [6.45, 7) is 2.91. The molecular formula is C21H25ClN2O2. The van der Waals surface area contributed by atoms with Gasteiger partial charge in [0.1, 0.15) is 6.61 Å². The van der Waals surface area contributed by atoms with Gasteiger partial charge in [0.15, 0.2) is 0 Å². The van der Waals surface area contributed by atoms with E-state index in [9.17, 15) is 4.79 Å². The van der Waals surface area contributed by atoms with Crippen LogP contribution in [-0.2, 0) is 23.3 Å². The molecule has 1 amide bonds. The number of nitrogens with one attached hydrogen (secondary N) is 1. The van der Waals surface area contributed by atoms with E-state index in [4.69, 9.17) is 4.74 Å². The van der Waals surface area contributed by atoms with Crippen LogP contribution in [0.5, 0.6) is 0 Å². The van der Waals surface area contributed by atoms with E-state index in [0.717, 1.165) is 44.5 Å². The van der Waals surface area contributed by atoms with Crippen molar-refractivity contribution in [3.8, 4) is 0 Å². The molecule has 0 saturated carbocycles. The van der Waals surface area contributed by atoms with Crippen molar-refractivity contribution < 1.29 is 9.53 Å². The fourth-order valence-corrected chi connectivity index (χ4v) is 4.23. The van der Waals surface area contributed by atoms with E-state index >= 15 is 0 Å². The summed E-state index contributed by atoms with van der Waals surface area (Å²) in [5.41, 5.74) is 3.47. The van der Waals surface area contributed by atoms with Gasteiger partial charge in [-0.1, -0.05) is 54.6 Å². The molecule has 1 saturated heterocycles. The second kappa shape index (κ2) is 8.11. The van der Waals surface area contributed by atoms with E-state index in [1.165, 1.54) is 11.1 Å². The Morgan fingerprint density at radius 2 is 1.73 bits per heavy atom. The molecule has 0 radical (unpaired) electrons. The third kappa shape index (κ3) is 3.44. The summed E-state index contributed by atoms with van der Waals surface area (Å²) >= 11 is 0. The topological polar surface area (TPSA) is 41.6 Å². The zero-order valence-corrected chi connectivity index (χ0v) is 15.6. The Morgan fingerprint density at radius 1 is 1.04 bits per heavy atom. The zero-order chi connectivity index (χ0) is 17.1. The highest BCUT2D eigenvalue weighted by Gasteiger charge is 2.46. The number of rotatable bonds is 2. The number of hydrogen-bond acceptors (Lipinski definition) is 3. The Morgan fingerprint density at radius 3 is 2.50 bits per heavy atom. The lowest BCUT2D eigenvalue weighted by Gasteiger charge is -2.49. The largest absolute Gasteiger partial charge is 0.445 e. The number of carbonyl (C=O) groups excluding carboxylic acids is 1. The van der Waals surface area contributed by atoms with Crippen LogP contribution in [0.4, 0.5) is 4.79 Å². The van der Waals surface area contributed by atoms with Crippen LogP contribution in [0, 0.1) is 0 Å². The third-order valence-electron chi connectivity index (χ3n) is 5.50. The molecule has 2 aliphatic heterocycles. The maximum Gasteiger partial charge on any atom is 0.410 e. The van der Waals surface area contributed by atoms with Crippen molar-refractivity contribution in [1.29, 1.82) is 0 Å². The Labute approximate surface area is 160 Å². The molecule has 26 heavy (non-hydrogen) atoms. The van der Waals surface area contributed by atoms with Crippen LogP contribution in [0.2, 0.25) is 0 Å². The van der Waals surface area contributed by atoms with Gasteiger partial charge in [-0.25, -0.2) is 4.79 Å². The minimum Gasteiger partial charge on any atom is -0.445 e. The van der Waals surface area contributed by atoms with Gasteiger partial charge in [0.05, 0.1) is 5.54 Å². The molecule has 138 valence electrons. The van der Waals surface area contributed by atoms with Gasteiger partial charge in [0.2, 0.25) is 0 Å². The van der Waals surface area contributed by atoms with Crippen LogP contribution in [-0.4, -0.2) is 30.6 Å². The van der Waals surface area contributed by atoms with Crippen LogP contribution in [0.15, 0.2) is 54.6 Å². The number of amides is 1. The number of carbonyl (C=O) groups is 1. The monoisotopic (exact) mass is 372 g/mol. The van der Waals surface area contributed by atoms with E-state index < -0.39 is 0 Å². The van der Waals surface area contributed by atoms with Crippen LogP contribution in [0.3, 0.4) is 0 Å². The lowest BCUT2D eigenvalue weighted by atomic mass is 9.75. The second-order valence-electron chi connectivity index (χ2n) is 6.88. The maximum atomic E-state index is 12.9. The number of benzene rings is 2. The van der Waals surface area contributed by atoms with Gasteiger partial charge in [-0.3, -0.25) is 4.90 Å². The summed E-state index contributed by atoms with van der Waals surface area (Å²) in [6, 6.07) is 18.4. The molecule has 1 N–H and O–H groups in total.